The first kappa shape index (κ1) is 19.9. The van der Waals surface area contributed by atoms with Crippen molar-refractivity contribution in [1.29, 1.82) is 0 Å². The van der Waals surface area contributed by atoms with Crippen molar-refractivity contribution in [3.05, 3.63) is 59.7 Å². The monoisotopic (exact) mass is 397 g/mol. The van der Waals surface area contributed by atoms with Crippen LogP contribution in [-0.4, -0.2) is 40.4 Å². The van der Waals surface area contributed by atoms with E-state index in [1.165, 1.54) is 11.8 Å². The third-order valence-electron chi connectivity index (χ3n) is 4.18. The lowest BCUT2D eigenvalue weighted by Crippen LogP contribution is -2.27. The molecule has 0 aliphatic rings. The van der Waals surface area contributed by atoms with Crippen LogP contribution in [0.3, 0.4) is 0 Å². The summed E-state index contributed by atoms with van der Waals surface area (Å²) in [6.45, 7) is 5.11. The Morgan fingerprint density at radius 2 is 1.89 bits per heavy atom. The fourth-order valence-electron chi connectivity index (χ4n) is 2.64. The van der Waals surface area contributed by atoms with Gasteiger partial charge < -0.3 is 14.1 Å². The Hall–Kier alpha value is -2.80. The number of hydrogen-bond donors (Lipinski definition) is 0. The topological polar surface area (TPSA) is 68.5 Å². The molecule has 0 saturated heterocycles. The van der Waals surface area contributed by atoms with Crippen LogP contribution in [0.4, 0.5) is 0 Å². The van der Waals surface area contributed by atoms with Gasteiger partial charge in [-0.3, -0.25) is 4.79 Å². The molecule has 1 heterocycles. The first-order valence-electron chi connectivity index (χ1n) is 9.05. The summed E-state index contributed by atoms with van der Waals surface area (Å²) < 4.78 is 11.1. The molecule has 1 amide bonds. The quantitative estimate of drug-likeness (QED) is 0.531. The maximum atomic E-state index is 12.4. The molecule has 0 saturated carbocycles. The summed E-state index contributed by atoms with van der Waals surface area (Å²) in [5, 5.41) is 8.51. The Morgan fingerprint density at radius 3 is 2.61 bits per heavy atom. The van der Waals surface area contributed by atoms with Gasteiger partial charge in [0.25, 0.3) is 5.22 Å². The molecular weight excluding hydrogens is 374 g/mol. The van der Waals surface area contributed by atoms with Gasteiger partial charge in [0, 0.05) is 19.2 Å². The van der Waals surface area contributed by atoms with Crippen molar-refractivity contribution in [2.75, 3.05) is 19.4 Å². The van der Waals surface area contributed by atoms with Crippen LogP contribution in [-0.2, 0) is 11.3 Å². The van der Waals surface area contributed by atoms with Crippen LogP contribution in [0.15, 0.2) is 58.2 Å². The highest BCUT2D eigenvalue weighted by molar-refractivity contribution is 7.99. The van der Waals surface area contributed by atoms with Crippen molar-refractivity contribution < 1.29 is 13.9 Å². The normalized spacial score (nSPS) is 10.7. The molecule has 0 atom stereocenters. The molecule has 2 aromatic carbocycles. The van der Waals surface area contributed by atoms with Crippen LogP contribution in [0.2, 0.25) is 0 Å². The Bertz CT molecular complexity index is 925. The third-order valence-corrected chi connectivity index (χ3v) is 4.98. The van der Waals surface area contributed by atoms with Crippen LogP contribution >= 0.6 is 11.8 Å². The van der Waals surface area contributed by atoms with Crippen LogP contribution in [0.25, 0.3) is 11.5 Å². The molecule has 0 aliphatic carbocycles. The highest BCUT2D eigenvalue weighted by Gasteiger charge is 2.15. The van der Waals surface area contributed by atoms with Gasteiger partial charge in [0.2, 0.25) is 11.8 Å². The molecule has 0 bridgehead atoms. The maximum absolute atomic E-state index is 12.4. The van der Waals surface area contributed by atoms with Gasteiger partial charge in [0.1, 0.15) is 5.75 Å². The molecule has 1 aromatic heterocycles. The number of aromatic nitrogens is 2. The van der Waals surface area contributed by atoms with E-state index in [0.29, 0.717) is 24.3 Å². The van der Waals surface area contributed by atoms with Crippen molar-refractivity contribution in [2.45, 2.75) is 25.6 Å². The second-order valence-electron chi connectivity index (χ2n) is 6.30. The third kappa shape index (κ3) is 5.13. The second kappa shape index (κ2) is 9.41. The maximum Gasteiger partial charge on any atom is 0.277 e. The number of amides is 1. The predicted molar refractivity (Wildman–Crippen MR) is 109 cm³/mol. The van der Waals surface area contributed by atoms with Gasteiger partial charge in [0.15, 0.2) is 0 Å². The molecular formula is C21H23N3O3S. The average Bonchev–Trinajstić information content (AvgIpc) is 3.17. The number of aryl methyl sites for hydroxylation is 1. The second-order valence-corrected chi connectivity index (χ2v) is 7.23. The number of nitrogens with zero attached hydrogens (tertiary/aromatic N) is 3. The van der Waals surface area contributed by atoms with E-state index in [0.717, 1.165) is 22.4 Å². The van der Waals surface area contributed by atoms with Gasteiger partial charge in [0.05, 0.1) is 12.4 Å². The van der Waals surface area contributed by atoms with Crippen LogP contribution in [0, 0.1) is 6.92 Å². The minimum atomic E-state index is -0.00507. The van der Waals surface area contributed by atoms with E-state index in [4.69, 9.17) is 9.15 Å². The number of rotatable bonds is 8. The molecule has 3 aromatic rings. The SMILES string of the molecule is CCOc1ccc(CN(C)C(=O)CSc2nnc(-c3ccccc3C)o2)cc1. The Balaban J connectivity index is 1.53. The van der Waals surface area contributed by atoms with Gasteiger partial charge in [-0.1, -0.05) is 42.1 Å². The van der Waals surface area contributed by atoms with Crippen LogP contribution in [0.1, 0.15) is 18.1 Å². The standard InChI is InChI=1S/C21H23N3O3S/c1-4-26-17-11-9-16(10-12-17)13-24(3)19(25)14-28-21-23-22-20(27-21)18-8-6-5-7-15(18)2/h5-12H,4,13-14H2,1-3H3. The van der Waals surface area contributed by atoms with Gasteiger partial charge in [-0.05, 0) is 43.2 Å². The first-order valence-corrected chi connectivity index (χ1v) is 10.0. The molecule has 0 aliphatic heterocycles. The van der Waals surface area contributed by atoms with E-state index in [-0.39, 0.29) is 11.7 Å². The van der Waals surface area contributed by atoms with E-state index >= 15 is 0 Å². The van der Waals surface area contributed by atoms with E-state index in [9.17, 15) is 4.79 Å². The van der Waals surface area contributed by atoms with Crippen molar-refractivity contribution in [1.82, 2.24) is 15.1 Å². The number of ether oxygens (including phenoxy) is 1. The molecule has 0 spiro atoms. The number of benzene rings is 2. The van der Waals surface area contributed by atoms with Crippen LogP contribution in [0.5, 0.6) is 5.75 Å². The summed E-state index contributed by atoms with van der Waals surface area (Å²) in [5.41, 5.74) is 3.01. The zero-order valence-electron chi connectivity index (χ0n) is 16.2. The first-order chi connectivity index (χ1) is 13.6. The van der Waals surface area contributed by atoms with E-state index in [1.807, 2.05) is 62.4 Å². The van der Waals surface area contributed by atoms with Gasteiger partial charge in [-0.2, -0.15) is 0 Å². The number of thioether (sulfide) groups is 1. The number of carbonyl (C=O) groups is 1. The number of carbonyl (C=O) groups excluding carboxylic acids is 1. The Labute approximate surface area is 168 Å². The molecule has 3 rings (SSSR count). The van der Waals surface area contributed by atoms with Crippen molar-refractivity contribution in [3.8, 4) is 17.2 Å². The Morgan fingerprint density at radius 1 is 1.14 bits per heavy atom. The molecule has 146 valence electrons. The van der Waals surface area contributed by atoms with Crippen LogP contribution < -0.4 is 4.74 Å². The summed E-state index contributed by atoms with van der Waals surface area (Å²) in [5.74, 6) is 1.53. The summed E-state index contributed by atoms with van der Waals surface area (Å²) >= 11 is 1.25. The molecule has 0 N–H and O–H groups in total. The van der Waals surface area contributed by atoms with E-state index in [2.05, 4.69) is 10.2 Å². The Kier molecular flexibility index (Phi) is 6.71. The molecule has 6 nitrogen and oxygen atoms in total. The lowest BCUT2D eigenvalue weighted by Gasteiger charge is -2.17. The number of hydrogen-bond acceptors (Lipinski definition) is 6. The summed E-state index contributed by atoms with van der Waals surface area (Å²) in [6, 6.07) is 15.6. The molecule has 0 radical (unpaired) electrons. The molecule has 28 heavy (non-hydrogen) atoms. The van der Waals surface area contributed by atoms with Gasteiger partial charge >= 0.3 is 0 Å². The van der Waals surface area contributed by atoms with Crippen molar-refractivity contribution >= 4 is 17.7 Å². The minimum Gasteiger partial charge on any atom is -0.494 e. The highest BCUT2D eigenvalue weighted by Crippen LogP contribution is 2.25. The van der Waals surface area contributed by atoms with Crippen molar-refractivity contribution in [2.24, 2.45) is 0 Å². The lowest BCUT2D eigenvalue weighted by atomic mass is 10.1. The minimum absolute atomic E-state index is 0.00507. The highest BCUT2D eigenvalue weighted by atomic mass is 32.2. The summed E-state index contributed by atoms with van der Waals surface area (Å²) in [7, 11) is 1.78. The summed E-state index contributed by atoms with van der Waals surface area (Å²) in [6.07, 6.45) is 0. The largest absolute Gasteiger partial charge is 0.494 e. The van der Waals surface area contributed by atoms with E-state index in [1.54, 1.807) is 11.9 Å². The zero-order valence-corrected chi connectivity index (χ0v) is 17.0. The average molecular weight is 398 g/mol. The van der Waals surface area contributed by atoms with Gasteiger partial charge in [-0.25, -0.2) is 0 Å². The van der Waals surface area contributed by atoms with Gasteiger partial charge in [-0.15, -0.1) is 10.2 Å². The van der Waals surface area contributed by atoms with Crippen molar-refractivity contribution in [3.63, 3.8) is 0 Å². The fourth-order valence-corrected chi connectivity index (χ4v) is 3.35. The van der Waals surface area contributed by atoms with E-state index < -0.39 is 0 Å². The predicted octanol–water partition coefficient (Wildman–Crippen LogP) is 4.19. The summed E-state index contributed by atoms with van der Waals surface area (Å²) in [4.78, 5) is 14.1. The zero-order chi connectivity index (χ0) is 19.9. The molecule has 0 unspecified atom stereocenters. The fraction of sp³-hybridized carbons (Fsp3) is 0.286. The molecule has 7 heteroatoms. The lowest BCUT2D eigenvalue weighted by molar-refractivity contribution is -0.127. The smallest absolute Gasteiger partial charge is 0.277 e. The molecule has 0 fully saturated rings.